The Labute approximate surface area is 158 Å². The zero-order valence-corrected chi connectivity index (χ0v) is 15.6. The number of ether oxygens (including phenoxy) is 3. The highest BCUT2D eigenvalue weighted by Gasteiger charge is 2.13. The zero-order chi connectivity index (χ0) is 18.8. The molecule has 26 heavy (non-hydrogen) atoms. The van der Waals surface area contributed by atoms with E-state index in [-0.39, 0.29) is 11.0 Å². The molecule has 0 aliphatic carbocycles. The summed E-state index contributed by atoms with van der Waals surface area (Å²) in [4.78, 5) is 12.4. The summed E-state index contributed by atoms with van der Waals surface area (Å²) in [6.45, 7) is 3.30. The summed E-state index contributed by atoms with van der Waals surface area (Å²) in [5.74, 6) is 0.866. The van der Waals surface area contributed by atoms with Crippen molar-refractivity contribution >= 4 is 28.9 Å². The Bertz CT molecular complexity index is 752. The molecule has 7 heteroatoms. The summed E-state index contributed by atoms with van der Waals surface area (Å²) >= 11 is 5.22. The normalized spacial score (nSPS) is 10.1. The van der Waals surface area contributed by atoms with Gasteiger partial charge in [-0.2, -0.15) is 0 Å². The summed E-state index contributed by atoms with van der Waals surface area (Å²) in [6.07, 6.45) is 0. The van der Waals surface area contributed by atoms with Gasteiger partial charge in [-0.1, -0.05) is 18.2 Å². The topological polar surface area (TPSA) is 68.8 Å². The molecule has 2 aromatic carbocycles. The van der Waals surface area contributed by atoms with E-state index in [1.807, 2.05) is 31.2 Å². The summed E-state index contributed by atoms with van der Waals surface area (Å²) in [6, 6.07) is 14.3. The molecule has 0 unspecified atom stereocenters. The van der Waals surface area contributed by atoms with E-state index in [1.54, 1.807) is 31.4 Å². The third-order valence-electron chi connectivity index (χ3n) is 3.31. The third-order valence-corrected chi connectivity index (χ3v) is 3.51. The zero-order valence-electron chi connectivity index (χ0n) is 14.8. The van der Waals surface area contributed by atoms with Crippen LogP contribution in [0.5, 0.6) is 11.5 Å². The van der Waals surface area contributed by atoms with Crippen LogP contribution in [0, 0.1) is 0 Å². The van der Waals surface area contributed by atoms with E-state index in [4.69, 9.17) is 26.4 Å². The van der Waals surface area contributed by atoms with Gasteiger partial charge in [-0.25, -0.2) is 0 Å². The molecule has 2 aromatic rings. The van der Waals surface area contributed by atoms with Crippen molar-refractivity contribution in [1.29, 1.82) is 0 Å². The van der Waals surface area contributed by atoms with Gasteiger partial charge in [0.05, 0.1) is 18.8 Å². The molecule has 2 rings (SSSR count). The van der Waals surface area contributed by atoms with Crippen LogP contribution in [0.25, 0.3) is 0 Å². The summed E-state index contributed by atoms with van der Waals surface area (Å²) in [7, 11) is 1.62. The van der Waals surface area contributed by atoms with Crippen LogP contribution in [0.3, 0.4) is 0 Å². The van der Waals surface area contributed by atoms with Gasteiger partial charge >= 0.3 is 0 Å². The molecule has 0 atom stereocenters. The fourth-order valence-corrected chi connectivity index (χ4v) is 2.39. The molecule has 0 bridgehead atoms. The molecule has 138 valence electrons. The predicted molar refractivity (Wildman–Crippen MR) is 105 cm³/mol. The number of para-hydroxylation sites is 1. The van der Waals surface area contributed by atoms with E-state index < -0.39 is 0 Å². The number of hydrogen-bond donors (Lipinski definition) is 2. The number of nitrogens with one attached hydrogen (secondary N) is 2. The highest BCUT2D eigenvalue weighted by Crippen LogP contribution is 2.19. The van der Waals surface area contributed by atoms with E-state index in [1.165, 1.54) is 0 Å². The number of hydrogen-bond acceptors (Lipinski definition) is 5. The lowest BCUT2D eigenvalue weighted by Crippen LogP contribution is -2.34. The minimum absolute atomic E-state index is 0.190. The number of thiocarbonyl (C=S) groups is 1. The second kappa shape index (κ2) is 10.4. The Balaban J connectivity index is 1.96. The first kappa shape index (κ1) is 19.7. The molecule has 0 aliphatic rings. The Morgan fingerprint density at radius 2 is 1.88 bits per heavy atom. The largest absolute Gasteiger partial charge is 0.493 e. The smallest absolute Gasteiger partial charge is 0.261 e. The number of anilines is 1. The van der Waals surface area contributed by atoms with Crippen molar-refractivity contribution in [3.8, 4) is 11.5 Å². The second-order valence-corrected chi connectivity index (χ2v) is 5.61. The number of carbonyl (C=O) groups is 1. The van der Waals surface area contributed by atoms with Crippen molar-refractivity contribution in [3.05, 3.63) is 54.1 Å². The van der Waals surface area contributed by atoms with Crippen molar-refractivity contribution in [1.82, 2.24) is 5.32 Å². The number of methoxy groups -OCH3 is 1. The first-order valence-electron chi connectivity index (χ1n) is 8.20. The first-order valence-corrected chi connectivity index (χ1v) is 8.60. The molecule has 6 nitrogen and oxygen atoms in total. The van der Waals surface area contributed by atoms with Gasteiger partial charge in [0.1, 0.15) is 18.1 Å². The van der Waals surface area contributed by atoms with Gasteiger partial charge < -0.3 is 19.5 Å². The second-order valence-electron chi connectivity index (χ2n) is 5.21. The highest BCUT2D eigenvalue weighted by molar-refractivity contribution is 7.80. The van der Waals surface area contributed by atoms with Gasteiger partial charge in [0.15, 0.2) is 5.11 Å². The minimum atomic E-state index is -0.334. The molecule has 0 heterocycles. The van der Waals surface area contributed by atoms with Crippen LogP contribution in [0.2, 0.25) is 0 Å². The lowest BCUT2D eigenvalue weighted by atomic mass is 10.2. The Morgan fingerprint density at radius 1 is 1.08 bits per heavy atom. The third kappa shape index (κ3) is 6.02. The molecule has 1 amide bonds. The van der Waals surface area contributed by atoms with E-state index in [0.29, 0.717) is 42.6 Å². The predicted octanol–water partition coefficient (Wildman–Crippen LogP) is 3.24. The Hall–Kier alpha value is -2.64. The highest BCUT2D eigenvalue weighted by atomic mass is 32.1. The molecule has 0 aliphatic heterocycles. The number of benzene rings is 2. The summed E-state index contributed by atoms with van der Waals surface area (Å²) < 4.78 is 16.0. The molecule has 0 radical (unpaired) electrons. The quantitative estimate of drug-likeness (QED) is 0.546. The van der Waals surface area contributed by atoms with Crippen molar-refractivity contribution in [2.24, 2.45) is 0 Å². The molecular weight excluding hydrogens is 352 g/mol. The summed E-state index contributed by atoms with van der Waals surface area (Å²) in [5, 5.41) is 5.82. The Kier molecular flexibility index (Phi) is 7.85. The monoisotopic (exact) mass is 374 g/mol. The molecule has 0 aromatic heterocycles. The van der Waals surface area contributed by atoms with E-state index in [9.17, 15) is 4.79 Å². The average molecular weight is 374 g/mol. The number of rotatable bonds is 8. The van der Waals surface area contributed by atoms with Crippen LogP contribution in [0.1, 0.15) is 17.3 Å². The van der Waals surface area contributed by atoms with Gasteiger partial charge in [-0.3, -0.25) is 10.1 Å². The van der Waals surface area contributed by atoms with Crippen LogP contribution in [-0.2, 0) is 4.74 Å². The first-order chi connectivity index (χ1) is 12.6. The average Bonchev–Trinajstić information content (AvgIpc) is 2.63. The molecule has 0 saturated carbocycles. The van der Waals surface area contributed by atoms with Crippen molar-refractivity contribution < 1.29 is 19.0 Å². The number of carbonyl (C=O) groups excluding carboxylic acids is 1. The van der Waals surface area contributed by atoms with E-state index in [2.05, 4.69) is 10.6 Å². The standard InChI is InChI=1S/C19H22N2O4S/c1-3-24-17-10-5-4-9-16(17)18(22)21-19(26)20-14-7-6-8-15(13-14)25-12-11-23-2/h4-10,13H,3,11-12H2,1-2H3,(H2,20,21,22,26). The van der Waals surface area contributed by atoms with E-state index in [0.717, 1.165) is 0 Å². The minimum Gasteiger partial charge on any atom is -0.493 e. The molecule has 0 fully saturated rings. The van der Waals surface area contributed by atoms with Crippen LogP contribution in [0.15, 0.2) is 48.5 Å². The van der Waals surface area contributed by atoms with Crippen molar-refractivity contribution in [3.63, 3.8) is 0 Å². The van der Waals surface area contributed by atoms with Gasteiger partial charge in [-0.15, -0.1) is 0 Å². The Morgan fingerprint density at radius 3 is 2.65 bits per heavy atom. The fourth-order valence-electron chi connectivity index (χ4n) is 2.17. The lowest BCUT2D eigenvalue weighted by molar-refractivity contribution is 0.0974. The van der Waals surface area contributed by atoms with Gasteiger partial charge in [-0.05, 0) is 43.4 Å². The van der Waals surface area contributed by atoms with Crippen LogP contribution in [-0.4, -0.2) is 38.0 Å². The molecular formula is C19H22N2O4S. The maximum Gasteiger partial charge on any atom is 0.261 e. The summed E-state index contributed by atoms with van der Waals surface area (Å²) in [5.41, 5.74) is 1.14. The maximum atomic E-state index is 12.4. The molecule has 2 N–H and O–H groups in total. The van der Waals surface area contributed by atoms with Gasteiger partial charge in [0.25, 0.3) is 5.91 Å². The van der Waals surface area contributed by atoms with Crippen molar-refractivity contribution in [2.75, 3.05) is 32.2 Å². The molecule has 0 spiro atoms. The van der Waals surface area contributed by atoms with Crippen LogP contribution < -0.4 is 20.1 Å². The van der Waals surface area contributed by atoms with Crippen molar-refractivity contribution in [2.45, 2.75) is 6.92 Å². The van der Waals surface area contributed by atoms with Gasteiger partial charge in [0, 0.05) is 18.9 Å². The number of amides is 1. The van der Waals surface area contributed by atoms with Crippen LogP contribution in [0.4, 0.5) is 5.69 Å². The van der Waals surface area contributed by atoms with Gasteiger partial charge in [0.2, 0.25) is 0 Å². The maximum absolute atomic E-state index is 12.4. The molecule has 0 saturated heterocycles. The fraction of sp³-hybridized carbons (Fsp3) is 0.263. The lowest BCUT2D eigenvalue weighted by Gasteiger charge is -2.13. The van der Waals surface area contributed by atoms with Crippen LogP contribution >= 0.6 is 12.2 Å². The SMILES string of the molecule is CCOc1ccccc1C(=O)NC(=S)Nc1cccc(OCCOC)c1. The van der Waals surface area contributed by atoms with E-state index >= 15 is 0 Å².